The maximum atomic E-state index is 13.0. The van der Waals surface area contributed by atoms with Gasteiger partial charge in [0.1, 0.15) is 5.82 Å². The van der Waals surface area contributed by atoms with Gasteiger partial charge in [0, 0.05) is 47.7 Å². The lowest BCUT2D eigenvalue weighted by atomic mass is 9.96. The smallest absolute Gasteiger partial charge is 0.249 e. The van der Waals surface area contributed by atoms with Gasteiger partial charge in [-0.3, -0.25) is 19.3 Å². The van der Waals surface area contributed by atoms with E-state index in [0.29, 0.717) is 35.5 Å². The van der Waals surface area contributed by atoms with Crippen molar-refractivity contribution >= 4 is 11.8 Å². The van der Waals surface area contributed by atoms with Gasteiger partial charge in [0.05, 0.1) is 17.5 Å². The normalized spacial score (nSPS) is 17.3. The van der Waals surface area contributed by atoms with E-state index in [4.69, 9.17) is 10.7 Å². The Hall–Kier alpha value is -4.20. The van der Waals surface area contributed by atoms with Crippen molar-refractivity contribution in [1.82, 2.24) is 24.6 Å². The number of carbonyl (C=O) groups is 2. The van der Waals surface area contributed by atoms with Crippen LogP contribution in [0.15, 0.2) is 67.1 Å². The molecule has 2 amide bonds. The second-order valence-electron chi connectivity index (χ2n) is 10.5. The van der Waals surface area contributed by atoms with Crippen molar-refractivity contribution in [1.29, 1.82) is 0 Å². The Bertz CT molecular complexity index is 1420. The van der Waals surface area contributed by atoms with E-state index in [2.05, 4.69) is 28.9 Å². The predicted octanol–water partition coefficient (Wildman–Crippen LogP) is 5.53. The molecule has 0 saturated carbocycles. The molecule has 3 N–H and O–H groups in total. The molecule has 0 bridgehead atoms. The number of likely N-dealkylation sites (tertiary alicyclic amines) is 1. The number of nitrogens with zero attached hydrogens (tertiary/aromatic N) is 4. The average molecular weight is 525 g/mol. The van der Waals surface area contributed by atoms with Crippen molar-refractivity contribution in [3.05, 3.63) is 78.4 Å². The van der Waals surface area contributed by atoms with Crippen LogP contribution in [0.2, 0.25) is 0 Å². The Kier molecular flexibility index (Phi) is 7.91. The molecule has 5 rings (SSSR count). The van der Waals surface area contributed by atoms with Gasteiger partial charge in [-0.25, -0.2) is 4.98 Å². The number of amides is 2. The van der Waals surface area contributed by atoms with Gasteiger partial charge in [0.25, 0.3) is 0 Å². The molecule has 2 aromatic carbocycles. The number of imidazole rings is 1. The van der Waals surface area contributed by atoms with Crippen molar-refractivity contribution in [3.8, 4) is 28.2 Å². The van der Waals surface area contributed by atoms with Gasteiger partial charge in [-0.2, -0.15) is 5.10 Å². The first-order valence-corrected chi connectivity index (χ1v) is 13.8. The maximum absolute atomic E-state index is 13.0. The number of primary amides is 1. The fourth-order valence-electron chi connectivity index (χ4n) is 5.77. The molecule has 8 nitrogen and oxygen atoms in total. The summed E-state index contributed by atoms with van der Waals surface area (Å²) < 4.78 is 2.02. The first-order chi connectivity index (χ1) is 18.9. The second kappa shape index (κ2) is 11.7. The number of hydrogen-bond acceptors (Lipinski definition) is 4. The first kappa shape index (κ1) is 26.4. The molecule has 0 spiro atoms. The molecule has 39 heavy (non-hydrogen) atoms. The lowest BCUT2D eigenvalue weighted by Crippen LogP contribution is -2.47. The van der Waals surface area contributed by atoms with Gasteiger partial charge in [0.15, 0.2) is 0 Å². The zero-order valence-corrected chi connectivity index (χ0v) is 22.6. The highest BCUT2D eigenvalue weighted by Crippen LogP contribution is 2.35. The molecular formula is C31H36N6O2. The van der Waals surface area contributed by atoms with Crippen molar-refractivity contribution in [3.63, 3.8) is 0 Å². The summed E-state index contributed by atoms with van der Waals surface area (Å²) in [5.41, 5.74) is 10.4. The Labute approximate surface area is 229 Å². The number of piperidine rings is 1. The van der Waals surface area contributed by atoms with E-state index in [9.17, 15) is 9.59 Å². The van der Waals surface area contributed by atoms with Crippen LogP contribution in [0.1, 0.15) is 68.4 Å². The van der Waals surface area contributed by atoms with E-state index < -0.39 is 5.91 Å². The number of carbonyl (C=O) groups excluding carboxylic acids is 2. The standard InChI is InChI=1S/C31H36N6O2/c1-21-10-8-11-22(2)37(21)28(38)17-7-6-12-24-20-36(25-13-4-3-5-14-25)31(35-24)29-26(23-18-33-34-19-23)15-9-16-27(29)30(32)39/h3-5,9,13-16,18-22H,6-8,10-12,17H2,1-2H3,(H2,32,39)(H,33,34)/t21-,22+. The quantitative estimate of drug-likeness (QED) is 0.281. The molecule has 4 aromatic rings. The summed E-state index contributed by atoms with van der Waals surface area (Å²) in [4.78, 5) is 32.6. The van der Waals surface area contributed by atoms with E-state index in [0.717, 1.165) is 54.6 Å². The number of aromatic amines is 1. The van der Waals surface area contributed by atoms with Gasteiger partial charge in [-0.1, -0.05) is 30.3 Å². The number of hydrogen-bond donors (Lipinski definition) is 2. The van der Waals surface area contributed by atoms with Crippen molar-refractivity contribution in [2.45, 2.75) is 70.9 Å². The van der Waals surface area contributed by atoms with Gasteiger partial charge >= 0.3 is 0 Å². The second-order valence-corrected chi connectivity index (χ2v) is 10.5. The minimum Gasteiger partial charge on any atom is -0.366 e. The third-order valence-electron chi connectivity index (χ3n) is 7.71. The van der Waals surface area contributed by atoms with Crippen LogP contribution in [0.3, 0.4) is 0 Å². The van der Waals surface area contributed by atoms with E-state index in [1.54, 1.807) is 18.5 Å². The molecule has 1 aliphatic rings. The Morgan fingerprint density at radius 1 is 1.03 bits per heavy atom. The number of unbranched alkanes of at least 4 members (excludes halogenated alkanes) is 1. The van der Waals surface area contributed by atoms with Gasteiger partial charge in [-0.15, -0.1) is 0 Å². The number of benzene rings is 2. The Morgan fingerprint density at radius 2 is 1.79 bits per heavy atom. The Balaban J connectivity index is 1.43. The van der Waals surface area contributed by atoms with Crippen molar-refractivity contribution in [2.75, 3.05) is 0 Å². The zero-order chi connectivity index (χ0) is 27.4. The highest BCUT2D eigenvalue weighted by atomic mass is 16.2. The fraction of sp³-hybridized carbons (Fsp3) is 0.355. The maximum Gasteiger partial charge on any atom is 0.249 e. The summed E-state index contributed by atoms with van der Waals surface area (Å²) in [7, 11) is 0. The molecular weight excluding hydrogens is 488 g/mol. The summed E-state index contributed by atoms with van der Waals surface area (Å²) in [6.45, 7) is 4.32. The summed E-state index contributed by atoms with van der Waals surface area (Å²) in [6, 6.07) is 16.1. The molecule has 1 fully saturated rings. The first-order valence-electron chi connectivity index (χ1n) is 13.8. The van der Waals surface area contributed by atoms with Crippen LogP contribution in [-0.4, -0.2) is 48.5 Å². The van der Waals surface area contributed by atoms with Crippen LogP contribution in [0, 0.1) is 0 Å². The number of para-hydroxylation sites is 1. The van der Waals surface area contributed by atoms with Gasteiger partial charge < -0.3 is 10.6 Å². The molecule has 2 aromatic heterocycles. The Morgan fingerprint density at radius 3 is 2.49 bits per heavy atom. The largest absolute Gasteiger partial charge is 0.366 e. The average Bonchev–Trinajstić information content (AvgIpc) is 3.62. The van der Waals surface area contributed by atoms with E-state index >= 15 is 0 Å². The molecule has 0 radical (unpaired) electrons. The van der Waals surface area contributed by atoms with Gasteiger partial charge in [-0.05, 0) is 76.1 Å². The lowest BCUT2D eigenvalue weighted by molar-refractivity contribution is -0.137. The van der Waals surface area contributed by atoms with Crippen LogP contribution in [0.5, 0.6) is 0 Å². The molecule has 2 atom stereocenters. The summed E-state index contributed by atoms with van der Waals surface area (Å²) in [6.07, 6.45) is 11.8. The zero-order valence-electron chi connectivity index (χ0n) is 22.6. The number of nitrogens with one attached hydrogen (secondary N) is 1. The molecule has 8 heteroatoms. The number of rotatable bonds is 9. The number of aryl methyl sites for hydroxylation is 1. The van der Waals surface area contributed by atoms with Crippen LogP contribution < -0.4 is 5.73 Å². The summed E-state index contributed by atoms with van der Waals surface area (Å²) in [5, 5.41) is 6.96. The van der Waals surface area contributed by atoms with Gasteiger partial charge in [0.2, 0.25) is 11.8 Å². The third kappa shape index (κ3) is 5.65. The molecule has 0 unspecified atom stereocenters. The molecule has 3 heterocycles. The van der Waals surface area contributed by atoms with Crippen LogP contribution >= 0.6 is 0 Å². The highest BCUT2D eigenvalue weighted by Gasteiger charge is 2.28. The van der Waals surface area contributed by atoms with Crippen molar-refractivity contribution < 1.29 is 9.59 Å². The summed E-state index contributed by atoms with van der Waals surface area (Å²) in [5.74, 6) is 0.387. The van der Waals surface area contributed by atoms with E-state index in [-0.39, 0.29) is 5.91 Å². The van der Waals surface area contributed by atoms with Crippen molar-refractivity contribution in [2.24, 2.45) is 5.73 Å². The minimum absolute atomic E-state index is 0.255. The summed E-state index contributed by atoms with van der Waals surface area (Å²) >= 11 is 0. The topological polar surface area (TPSA) is 110 Å². The SMILES string of the molecule is C[C@@H]1CCC[C@H](C)N1C(=O)CCCCc1cn(-c2ccccc2)c(-c2c(C(N)=O)cccc2-c2cn[nH]c2)n1. The number of nitrogens with two attached hydrogens (primary N) is 1. The molecule has 0 aliphatic carbocycles. The van der Waals surface area contributed by atoms with Crippen LogP contribution in [-0.2, 0) is 11.2 Å². The predicted molar refractivity (Wildman–Crippen MR) is 152 cm³/mol. The minimum atomic E-state index is -0.515. The van der Waals surface area contributed by atoms with Crippen LogP contribution in [0.25, 0.3) is 28.2 Å². The highest BCUT2D eigenvalue weighted by molar-refractivity contribution is 6.03. The number of aromatic nitrogens is 4. The molecule has 1 saturated heterocycles. The molecule has 1 aliphatic heterocycles. The number of H-pyrrole nitrogens is 1. The molecule has 202 valence electrons. The fourth-order valence-corrected chi connectivity index (χ4v) is 5.77. The van der Waals surface area contributed by atoms with E-state index in [1.165, 1.54) is 6.42 Å². The lowest BCUT2D eigenvalue weighted by Gasteiger charge is -2.39. The van der Waals surface area contributed by atoms with E-state index in [1.807, 2.05) is 53.2 Å². The third-order valence-corrected chi connectivity index (χ3v) is 7.71. The monoisotopic (exact) mass is 524 g/mol. The van der Waals surface area contributed by atoms with Crippen LogP contribution in [0.4, 0.5) is 0 Å².